The van der Waals surface area contributed by atoms with E-state index < -0.39 is 0 Å². The predicted molar refractivity (Wildman–Crippen MR) is 156 cm³/mol. The Balaban J connectivity index is 1.15. The van der Waals surface area contributed by atoms with Gasteiger partial charge in [0, 0.05) is 18.3 Å². The molecule has 6 rings (SSSR count). The van der Waals surface area contributed by atoms with Gasteiger partial charge in [0.05, 0.1) is 21.5 Å². The Morgan fingerprint density at radius 2 is 1.82 bits per heavy atom. The van der Waals surface area contributed by atoms with Gasteiger partial charge in [0.1, 0.15) is 16.5 Å². The molecule has 0 saturated carbocycles. The number of carbonyl (C=O) groups is 1. The molecule has 8 nitrogen and oxygen atoms in total. The average molecular weight is 611 g/mol. The topological polar surface area (TPSA) is 91.2 Å². The van der Waals surface area contributed by atoms with Crippen LogP contribution in [-0.4, -0.2) is 32.4 Å². The van der Waals surface area contributed by atoms with Gasteiger partial charge in [-0.1, -0.05) is 71.4 Å². The Morgan fingerprint density at radius 1 is 0.975 bits per heavy atom. The van der Waals surface area contributed by atoms with E-state index in [1.54, 1.807) is 17.5 Å². The highest BCUT2D eigenvalue weighted by molar-refractivity contribution is 7.98. The van der Waals surface area contributed by atoms with Crippen LogP contribution in [0.5, 0.6) is 11.5 Å². The molecule has 202 valence electrons. The first kappa shape index (κ1) is 26.6. The smallest absolute Gasteiger partial charge is 0.271 e. The summed E-state index contributed by atoms with van der Waals surface area (Å²) in [5.74, 6) is 2.44. The lowest BCUT2D eigenvalue weighted by Gasteiger charge is -2.11. The minimum Gasteiger partial charge on any atom is -0.454 e. The third-order valence-corrected chi connectivity index (χ3v) is 8.78. The first-order valence-electron chi connectivity index (χ1n) is 12.2. The molecule has 40 heavy (non-hydrogen) atoms. The molecule has 3 heterocycles. The van der Waals surface area contributed by atoms with E-state index >= 15 is 0 Å². The molecular formula is C28H21Cl2N5O3S2. The number of nitrogens with one attached hydrogen (secondary N) is 1. The maximum absolute atomic E-state index is 12.7. The lowest BCUT2D eigenvalue weighted by Crippen LogP contribution is -2.23. The summed E-state index contributed by atoms with van der Waals surface area (Å²) in [7, 11) is 0. The van der Waals surface area contributed by atoms with Crippen LogP contribution in [-0.2, 0) is 18.7 Å². The van der Waals surface area contributed by atoms with Crippen LogP contribution >= 0.6 is 46.3 Å². The molecule has 0 saturated heterocycles. The molecule has 0 fully saturated rings. The molecule has 3 aromatic carbocycles. The molecule has 1 aliphatic rings. The van der Waals surface area contributed by atoms with Crippen molar-refractivity contribution in [2.75, 3.05) is 6.79 Å². The molecule has 5 aromatic rings. The van der Waals surface area contributed by atoms with Crippen LogP contribution < -0.4 is 14.8 Å². The van der Waals surface area contributed by atoms with Crippen molar-refractivity contribution in [1.29, 1.82) is 0 Å². The Morgan fingerprint density at radius 3 is 2.67 bits per heavy atom. The molecule has 1 amide bonds. The monoisotopic (exact) mass is 609 g/mol. The lowest BCUT2D eigenvalue weighted by molar-refractivity contribution is 0.0946. The minimum absolute atomic E-state index is 0.211. The van der Waals surface area contributed by atoms with Crippen molar-refractivity contribution in [1.82, 2.24) is 25.1 Å². The molecule has 2 aromatic heterocycles. The van der Waals surface area contributed by atoms with E-state index in [4.69, 9.17) is 32.7 Å². The molecule has 0 radical (unpaired) electrons. The van der Waals surface area contributed by atoms with Crippen molar-refractivity contribution in [3.05, 3.63) is 110 Å². The van der Waals surface area contributed by atoms with Gasteiger partial charge in [0.2, 0.25) is 6.79 Å². The van der Waals surface area contributed by atoms with Crippen molar-refractivity contribution < 1.29 is 14.3 Å². The lowest BCUT2D eigenvalue weighted by atomic mass is 10.1. The normalized spacial score (nSPS) is 12.1. The maximum Gasteiger partial charge on any atom is 0.271 e. The number of benzene rings is 3. The quantitative estimate of drug-likeness (QED) is 0.189. The van der Waals surface area contributed by atoms with Gasteiger partial charge in [-0.15, -0.1) is 21.5 Å². The van der Waals surface area contributed by atoms with Crippen molar-refractivity contribution in [2.24, 2.45) is 0 Å². The number of aromatic nitrogens is 4. The molecule has 0 unspecified atom stereocenters. The fourth-order valence-electron chi connectivity index (χ4n) is 4.10. The highest BCUT2D eigenvalue weighted by Crippen LogP contribution is 2.33. The summed E-state index contributed by atoms with van der Waals surface area (Å²) in [5, 5.41) is 16.0. The molecule has 1 aliphatic heterocycles. The standard InChI is InChI=1S/C28H21Cl2N5O3S2/c29-20-8-7-19(12-21(20)30)35-25(11-17-4-2-1-3-5-17)33-34-28(35)40-15-26-32-22(14-39-26)27(36)31-13-18-6-9-23-24(10-18)38-16-37-23/h1-10,12,14H,11,13,15-16H2,(H,31,36). The SMILES string of the molecule is O=C(NCc1ccc2c(c1)OCO2)c1csc(CSc2nnc(Cc3ccccc3)n2-c2ccc(Cl)c(Cl)c2)n1. The van der Waals surface area contributed by atoms with Gasteiger partial charge in [-0.05, 0) is 41.5 Å². The van der Waals surface area contributed by atoms with Crippen LogP contribution in [0.15, 0.2) is 77.3 Å². The van der Waals surface area contributed by atoms with Gasteiger partial charge in [-0.3, -0.25) is 9.36 Å². The Labute approximate surface area is 248 Å². The van der Waals surface area contributed by atoms with E-state index in [-0.39, 0.29) is 12.7 Å². The molecule has 0 bridgehead atoms. The molecule has 0 spiro atoms. The number of fused-ring (bicyclic) bond motifs is 1. The van der Waals surface area contributed by atoms with Crippen LogP contribution in [0.1, 0.15) is 32.4 Å². The van der Waals surface area contributed by atoms with E-state index in [9.17, 15) is 4.79 Å². The average Bonchev–Trinajstić information content (AvgIpc) is 3.72. The van der Waals surface area contributed by atoms with Gasteiger partial charge >= 0.3 is 0 Å². The van der Waals surface area contributed by atoms with Crippen molar-refractivity contribution in [3.8, 4) is 17.2 Å². The zero-order chi connectivity index (χ0) is 27.5. The van der Waals surface area contributed by atoms with Crippen molar-refractivity contribution >= 4 is 52.2 Å². The van der Waals surface area contributed by atoms with Crippen LogP contribution in [0.4, 0.5) is 0 Å². The van der Waals surface area contributed by atoms with E-state index in [0.29, 0.717) is 51.1 Å². The molecule has 12 heteroatoms. The predicted octanol–water partition coefficient (Wildman–Crippen LogP) is 6.57. The van der Waals surface area contributed by atoms with Crippen LogP contribution in [0.25, 0.3) is 5.69 Å². The van der Waals surface area contributed by atoms with Gasteiger partial charge in [0.25, 0.3) is 5.91 Å². The van der Waals surface area contributed by atoms with Crippen LogP contribution in [0.3, 0.4) is 0 Å². The summed E-state index contributed by atoms with van der Waals surface area (Å²) in [6.07, 6.45) is 0.597. The Bertz CT molecular complexity index is 1680. The number of hydrogen-bond acceptors (Lipinski definition) is 8. The zero-order valence-electron chi connectivity index (χ0n) is 20.8. The Hall–Kier alpha value is -3.57. The number of ether oxygens (including phenoxy) is 2. The minimum atomic E-state index is -0.241. The van der Waals surface area contributed by atoms with Gasteiger partial charge in [-0.25, -0.2) is 4.98 Å². The summed E-state index contributed by atoms with van der Waals surface area (Å²) in [6, 6.07) is 21.1. The van der Waals surface area contributed by atoms with E-state index in [1.165, 1.54) is 23.1 Å². The zero-order valence-corrected chi connectivity index (χ0v) is 24.0. The van der Waals surface area contributed by atoms with Gasteiger partial charge < -0.3 is 14.8 Å². The number of carbonyl (C=O) groups excluding carboxylic acids is 1. The largest absolute Gasteiger partial charge is 0.454 e. The maximum atomic E-state index is 12.7. The second-order valence-corrected chi connectivity index (χ2v) is 11.5. The number of nitrogens with zero attached hydrogens (tertiary/aromatic N) is 4. The highest BCUT2D eigenvalue weighted by atomic mass is 35.5. The third kappa shape index (κ3) is 5.95. The summed E-state index contributed by atoms with van der Waals surface area (Å²) >= 11 is 15.4. The van der Waals surface area contributed by atoms with Crippen LogP contribution in [0.2, 0.25) is 10.0 Å². The molecule has 1 N–H and O–H groups in total. The van der Waals surface area contributed by atoms with Gasteiger partial charge in [0.15, 0.2) is 16.7 Å². The van der Waals surface area contributed by atoms with Gasteiger partial charge in [-0.2, -0.15) is 0 Å². The summed E-state index contributed by atoms with van der Waals surface area (Å²) in [4.78, 5) is 17.3. The number of thiazole rings is 1. The summed E-state index contributed by atoms with van der Waals surface area (Å²) < 4.78 is 12.7. The molecular weight excluding hydrogens is 589 g/mol. The summed E-state index contributed by atoms with van der Waals surface area (Å²) in [6.45, 7) is 0.566. The molecule has 0 aliphatic carbocycles. The number of thioether (sulfide) groups is 1. The number of amides is 1. The fraction of sp³-hybridized carbons (Fsp3) is 0.143. The number of hydrogen-bond donors (Lipinski definition) is 1. The molecule has 0 atom stereocenters. The van der Waals surface area contributed by atoms with Crippen molar-refractivity contribution in [2.45, 2.75) is 23.9 Å². The fourth-order valence-corrected chi connectivity index (χ4v) is 6.16. The first-order valence-corrected chi connectivity index (χ1v) is 14.8. The second kappa shape index (κ2) is 11.9. The van der Waals surface area contributed by atoms with Crippen molar-refractivity contribution in [3.63, 3.8) is 0 Å². The first-order chi connectivity index (χ1) is 19.5. The Kier molecular flexibility index (Phi) is 7.92. The van der Waals surface area contributed by atoms with E-state index in [2.05, 4.69) is 32.6 Å². The second-order valence-electron chi connectivity index (χ2n) is 8.78. The third-order valence-electron chi connectivity index (χ3n) is 6.07. The number of halogens is 2. The number of rotatable bonds is 9. The van der Waals surface area contributed by atoms with E-state index in [1.807, 2.05) is 47.0 Å². The van der Waals surface area contributed by atoms with E-state index in [0.717, 1.165) is 27.6 Å². The van der Waals surface area contributed by atoms with Crippen LogP contribution in [0, 0.1) is 0 Å². The highest BCUT2D eigenvalue weighted by Gasteiger charge is 2.18. The summed E-state index contributed by atoms with van der Waals surface area (Å²) in [5.41, 5.74) is 3.22.